The molecule has 22 heavy (non-hydrogen) atoms. The number of rotatable bonds is 2. The fraction of sp³-hybridized carbons (Fsp3) is 0.278. The van der Waals surface area contributed by atoms with E-state index in [0.29, 0.717) is 5.56 Å². The molecule has 4 rings (SSSR count). The Labute approximate surface area is 128 Å². The minimum Gasteiger partial charge on any atom is -0.322 e. The lowest BCUT2D eigenvalue weighted by atomic mass is 10.0. The molecule has 0 unspecified atom stereocenters. The molecule has 0 atom stereocenters. The van der Waals surface area contributed by atoms with E-state index in [-0.39, 0.29) is 11.7 Å². The number of fused-ring (bicyclic) bond motifs is 2. The molecule has 0 aromatic heterocycles. The summed E-state index contributed by atoms with van der Waals surface area (Å²) in [5, 5.41) is 6.19. The van der Waals surface area contributed by atoms with Crippen LogP contribution >= 0.6 is 0 Å². The van der Waals surface area contributed by atoms with Crippen molar-refractivity contribution in [3.63, 3.8) is 0 Å². The van der Waals surface area contributed by atoms with E-state index in [2.05, 4.69) is 10.6 Å². The first-order valence-electron chi connectivity index (χ1n) is 7.66. The van der Waals surface area contributed by atoms with Crippen molar-refractivity contribution in [2.24, 2.45) is 0 Å². The number of carbonyl (C=O) groups excluding carboxylic acids is 1. The van der Waals surface area contributed by atoms with Crippen molar-refractivity contribution in [2.75, 3.05) is 5.32 Å². The van der Waals surface area contributed by atoms with Gasteiger partial charge in [0.2, 0.25) is 0 Å². The molecule has 112 valence electrons. The second-order valence-electron chi connectivity index (χ2n) is 5.99. The summed E-state index contributed by atoms with van der Waals surface area (Å²) in [6, 6.07) is 8.84. The monoisotopic (exact) mass is 296 g/mol. The minimum absolute atomic E-state index is 0.219. The second kappa shape index (κ2) is 5.21. The molecule has 0 spiro atoms. The van der Waals surface area contributed by atoms with Crippen molar-refractivity contribution in [3.8, 4) is 0 Å². The number of hydrogen-bond acceptors (Lipinski definition) is 2. The quantitative estimate of drug-likeness (QED) is 0.893. The third-order valence-corrected chi connectivity index (χ3v) is 4.52. The fourth-order valence-corrected chi connectivity index (χ4v) is 3.44. The van der Waals surface area contributed by atoms with Crippen LogP contribution in [0.1, 0.15) is 39.0 Å². The smallest absolute Gasteiger partial charge is 0.256 e. The average Bonchev–Trinajstić information content (AvgIpc) is 3.13. The van der Waals surface area contributed by atoms with Crippen LogP contribution in [0, 0.1) is 5.82 Å². The van der Waals surface area contributed by atoms with Gasteiger partial charge in [-0.3, -0.25) is 4.79 Å². The lowest BCUT2D eigenvalue weighted by molar-refractivity contribution is 0.102. The summed E-state index contributed by atoms with van der Waals surface area (Å²) in [6.07, 6.45) is 2.70. The van der Waals surface area contributed by atoms with Crippen molar-refractivity contribution in [1.82, 2.24) is 5.32 Å². The van der Waals surface area contributed by atoms with Gasteiger partial charge in [0.05, 0.1) is 0 Å². The van der Waals surface area contributed by atoms with Gasteiger partial charge >= 0.3 is 0 Å². The summed E-state index contributed by atoms with van der Waals surface area (Å²) in [5.74, 6) is -0.549. The SMILES string of the molecule is O=C(Nc1ccc2c(c1)CNC2)c1cc(F)cc2c1CCC2. The molecule has 0 bridgehead atoms. The average molecular weight is 296 g/mol. The van der Waals surface area contributed by atoms with Gasteiger partial charge in [-0.1, -0.05) is 6.07 Å². The number of halogens is 1. The van der Waals surface area contributed by atoms with E-state index >= 15 is 0 Å². The molecule has 3 nitrogen and oxygen atoms in total. The molecule has 0 radical (unpaired) electrons. The van der Waals surface area contributed by atoms with Gasteiger partial charge in [-0.25, -0.2) is 4.39 Å². The van der Waals surface area contributed by atoms with Crippen LogP contribution in [0.2, 0.25) is 0 Å². The molecule has 1 aliphatic carbocycles. The van der Waals surface area contributed by atoms with Crippen LogP contribution in [0.15, 0.2) is 30.3 Å². The highest BCUT2D eigenvalue weighted by molar-refractivity contribution is 6.05. The Hall–Kier alpha value is -2.20. The number of anilines is 1. The van der Waals surface area contributed by atoms with Crippen LogP contribution in [0.3, 0.4) is 0 Å². The Balaban J connectivity index is 1.63. The van der Waals surface area contributed by atoms with Gasteiger partial charge in [-0.2, -0.15) is 0 Å². The topological polar surface area (TPSA) is 41.1 Å². The summed E-state index contributed by atoms with van der Waals surface area (Å²) >= 11 is 0. The van der Waals surface area contributed by atoms with E-state index in [1.54, 1.807) is 6.07 Å². The molecule has 1 aliphatic heterocycles. The maximum Gasteiger partial charge on any atom is 0.256 e. The lowest BCUT2D eigenvalue weighted by Gasteiger charge is -2.11. The van der Waals surface area contributed by atoms with Crippen LogP contribution in [-0.2, 0) is 25.9 Å². The van der Waals surface area contributed by atoms with Crippen molar-refractivity contribution in [2.45, 2.75) is 32.4 Å². The predicted octanol–water partition coefficient (Wildman–Crippen LogP) is 3.17. The van der Waals surface area contributed by atoms with Crippen LogP contribution in [0.25, 0.3) is 0 Å². The van der Waals surface area contributed by atoms with Gasteiger partial charge < -0.3 is 10.6 Å². The molecular formula is C18H17FN2O. The molecule has 0 fully saturated rings. The predicted molar refractivity (Wildman–Crippen MR) is 83.4 cm³/mol. The zero-order valence-corrected chi connectivity index (χ0v) is 12.2. The van der Waals surface area contributed by atoms with Crippen molar-refractivity contribution in [1.29, 1.82) is 0 Å². The fourth-order valence-electron chi connectivity index (χ4n) is 3.44. The number of hydrogen-bond donors (Lipinski definition) is 2. The third-order valence-electron chi connectivity index (χ3n) is 4.52. The van der Waals surface area contributed by atoms with E-state index in [4.69, 9.17) is 0 Å². The zero-order valence-electron chi connectivity index (χ0n) is 12.2. The third kappa shape index (κ3) is 2.29. The molecule has 2 aromatic carbocycles. The van der Waals surface area contributed by atoms with E-state index in [9.17, 15) is 9.18 Å². The van der Waals surface area contributed by atoms with E-state index in [0.717, 1.165) is 49.2 Å². The number of nitrogens with one attached hydrogen (secondary N) is 2. The lowest BCUT2D eigenvalue weighted by Crippen LogP contribution is -2.15. The van der Waals surface area contributed by atoms with Gasteiger partial charge in [-0.15, -0.1) is 0 Å². The maximum absolute atomic E-state index is 13.7. The highest BCUT2D eigenvalue weighted by Crippen LogP contribution is 2.28. The van der Waals surface area contributed by atoms with Gasteiger partial charge in [0.25, 0.3) is 5.91 Å². The van der Waals surface area contributed by atoms with E-state index in [1.807, 2.05) is 18.2 Å². The molecule has 4 heteroatoms. The van der Waals surface area contributed by atoms with Crippen LogP contribution in [0.5, 0.6) is 0 Å². The molecule has 2 aliphatic rings. The Morgan fingerprint density at radius 1 is 1.05 bits per heavy atom. The van der Waals surface area contributed by atoms with Crippen LogP contribution in [-0.4, -0.2) is 5.91 Å². The molecule has 2 aromatic rings. The molecule has 1 amide bonds. The summed E-state index contributed by atoms with van der Waals surface area (Å²) in [4.78, 5) is 12.5. The highest BCUT2D eigenvalue weighted by Gasteiger charge is 2.21. The summed E-state index contributed by atoms with van der Waals surface area (Å²) < 4.78 is 13.7. The van der Waals surface area contributed by atoms with Crippen molar-refractivity contribution >= 4 is 11.6 Å². The Bertz CT molecular complexity index is 770. The highest BCUT2D eigenvalue weighted by atomic mass is 19.1. The first-order valence-corrected chi connectivity index (χ1v) is 7.66. The minimum atomic E-state index is -0.330. The van der Waals surface area contributed by atoms with Gasteiger partial charge in [0.1, 0.15) is 5.82 Å². The first-order chi connectivity index (χ1) is 10.7. The van der Waals surface area contributed by atoms with Crippen molar-refractivity contribution < 1.29 is 9.18 Å². The zero-order chi connectivity index (χ0) is 15.1. The number of amides is 1. The first kappa shape index (κ1) is 13.5. The summed E-state index contributed by atoms with van der Waals surface area (Å²) in [7, 11) is 0. The van der Waals surface area contributed by atoms with E-state index < -0.39 is 0 Å². The Morgan fingerprint density at radius 2 is 1.91 bits per heavy atom. The Morgan fingerprint density at radius 3 is 2.82 bits per heavy atom. The number of benzene rings is 2. The molecule has 1 heterocycles. The van der Waals surface area contributed by atoms with Gasteiger partial charge in [0.15, 0.2) is 0 Å². The summed E-state index contributed by atoms with van der Waals surface area (Å²) in [6.45, 7) is 1.70. The van der Waals surface area contributed by atoms with Crippen molar-refractivity contribution in [3.05, 3.63) is 64.0 Å². The molecule has 0 saturated heterocycles. The molecule has 0 saturated carbocycles. The second-order valence-corrected chi connectivity index (χ2v) is 5.99. The van der Waals surface area contributed by atoms with Crippen LogP contribution in [0.4, 0.5) is 10.1 Å². The number of carbonyl (C=O) groups is 1. The molecular weight excluding hydrogens is 279 g/mol. The van der Waals surface area contributed by atoms with Crippen LogP contribution < -0.4 is 10.6 Å². The molecule has 2 N–H and O–H groups in total. The maximum atomic E-state index is 13.7. The Kier molecular flexibility index (Phi) is 3.19. The summed E-state index contributed by atoms with van der Waals surface area (Å²) in [5.41, 5.74) is 5.70. The van der Waals surface area contributed by atoms with E-state index in [1.165, 1.54) is 17.2 Å². The standard InChI is InChI=1S/C18H17FN2O/c19-14-6-11-2-1-3-16(11)17(8-14)18(22)21-15-5-4-12-9-20-10-13(12)7-15/h4-8,20H,1-3,9-10H2,(H,21,22). The van der Waals surface area contributed by atoms with Gasteiger partial charge in [0, 0.05) is 24.3 Å². The number of aryl methyl sites for hydroxylation is 1. The van der Waals surface area contributed by atoms with Gasteiger partial charge in [-0.05, 0) is 65.8 Å². The largest absolute Gasteiger partial charge is 0.322 e. The normalized spacial score (nSPS) is 15.5.